The van der Waals surface area contributed by atoms with Gasteiger partial charge in [-0.1, -0.05) is 17.7 Å². The average molecular weight is 396 g/mol. The molecule has 0 bridgehead atoms. The van der Waals surface area contributed by atoms with Crippen molar-refractivity contribution in [2.45, 2.75) is 13.0 Å². The van der Waals surface area contributed by atoms with E-state index in [-0.39, 0.29) is 28.1 Å². The fourth-order valence-corrected chi connectivity index (χ4v) is 2.38. The number of alkyl carbamates (subject to hydrolysis) is 1. The van der Waals surface area contributed by atoms with Crippen molar-refractivity contribution < 1.29 is 13.9 Å². The Kier molecular flexibility index (Phi) is 6.37. The molecule has 0 aliphatic heterocycles. The van der Waals surface area contributed by atoms with Gasteiger partial charge < -0.3 is 16.2 Å². The second kappa shape index (κ2) is 8.52. The summed E-state index contributed by atoms with van der Waals surface area (Å²) in [7, 11) is 1.43. The van der Waals surface area contributed by atoms with Gasteiger partial charge in [-0.3, -0.25) is 15.3 Å². The third-order valence-electron chi connectivity index (χ3n) is 3.50. The van der Waals surface area contributed by atoms with Crippen LogP contribution in [0.3, 0.4) is 0 Å². The minimum absolute atomic E-state index is 0.0395. The van der Waals surface area contributed by atoms with Gasteiger partial charge in [-0.2, -0.15) is 0 Å². The maximum atomic E-state index is 13.6. The highest BCUT2D eigenvalue weighted by Gasteiger charge is 2.19. The molecule has 2 rings (SSSR count). The van der Waals surface area contributed by atoms with Gasteiger partial charge in [-0.25, -0.2) is 20.0 Å². The van der Waals surface area contributed by atoms with Gasteiger partial charge in [-0.05, 0) is 13.0 Å². The predicted octanol–water partition coefficient (Wildman–Crippen LogP) is 1.73. The molecule has 1 unspecified atom stereocenters. The Morgan fingerprint density at radius 1 is 1.44 bits per heavy atom. The molecule has 1 atom stereocenters. The van der Waals surface area contributed by atoms with E-state index in [0.717, 1.165) is 17.3 Å². The molecule has 144 valence electrons. The summed E-state index contributed by atoms with van der Waals surface area (Å²) in [6.07, 6.45) is 1.08. The zero-order valence-electron chi connectivity index (χ0n) is 14.6. The van der Waals surface area contributed by atoms with Gasteiger partial charge in [0.1, 0.15) is 22.8 Å². The van der Waals surface area contributed by atoms with Crippen LogP contribution in [0.25, 0.3) is 5.70 Å². The van der Waals surface area contributed by atoms with Gasteiger partial charge >= 0.3 is 6.09 Å². The summed E-state index contributed by atoms with van der Waals surface area (Å²) in [6, 6.07) is 4.37. The normalized spacial score (nSPS) is 12.8. The first-order valence-electron chi connectivity index (χ1n) is 7.68. The molecule has 0 saturated carbocycles. The maximum absolute atomic E-state index is 13.6. The summed E-state index contributed by atoms with van der Waals surface area (Å²) >= 11 is 5.98. The first-order chi connectivity index (χ1) is 12.7. The highest BCUT2D eigenvalue weighted by atomic mass is 35.5. The molecule has 0 radical (unpaired) electrons. The number of hydrazine groups is 1. The molecular weight excluding hydrogens is 377 g/mol. The van der Waals surface area contributed by atoms with Crippen LogP contribution < -0.4 is 22.6 Å². The molecule has 2 heterocycles. The average Bonchev–Trinajstić information content (AvgIpc) is 2.61. The van der Waals surface area contributed by atoms with Crippen molar-refractivity contribution in [3.8, 4) is 0 Å². The molecule has 1 amide bonds. The largest absolute Gasteiger partial charge is 0.441 e. The molecule has 0 spiro atoms. The van der Waals surface area contributed by atoms with Crippen LogP contribution in [0.15, 0.2) is 36.4 Å². The number of aromatic nitrogens is 2. The second-order valence-electron chi connectivity index (χ2n) is 5.52. The van der Waals surface area contributed by atoms with Crippen LogP contribution in [0, 0.1) is 5.82 Å². The summed E-state index contributed by atoms with van der Waals surface area (Å²) in [5.41, 5.74) is 11.7. The van der Waals surface area contributed by atoms with E-state index in [1.807, 2.05) is 0 Å². The van der Waals surface area contributed by atoms with Crippen LogP contribution in [0.5, 0.6) is 0 Å². The molecule has 11 heteroatoms. The number of nitrogens with one attached hydrogen (secondary N) is 1. The van der Waals surface area contributed by atoms with Crippen molar-refractivity contribution in [3.63, 3.8) is 0 Å². The summed E-state index contributed by atoms with van der Waals surface area (Å²) in [4.78, 5) is 20.1. The van der Waals surface area contributed by atoms with Crippen molar-refractivity contribution in [2.75, 3.05) is 12.8 Å². The lowest BCUT2D eigenvalue weighted by atomic mass is 10.2. The molecule has 9 nitrogen and oxygen atoms in total. The van der Waals surface area contributed by atoms with E-state index in [9.17, 15) is 9.18 Å². The zero-order chi connectivity index (χ0) is 20.1. The lowest BCUT2D eigenvalue weighted by Gasteiger charge is -2.21. The monoisotopic (exact) mass is 395 g/mol. The number of amides is 1. The molecule has 2 aromatic heterocycles. The lowest BCUT2D eigenvalue weighted by molar-refractivity contribution is 0.107. The van der Waals surface area contributed by atoms with E-state index < -0.39 is 18.0 Å². The fourth-order valence-electron chi connectivity index (χ4n) is 2.11. The van der Waals surface area contributed by atoms with Crippen molar-refractivity contribution in [3.05, 3.63) is 58.6 Å². The minimum Gasteiger partial charge on any atom is -0.441 e. The Hall–Kier alpha value is -3.11. The van der Waals surface area contributed by atoms with Crippen LogP contribution in [-0.4, -0.2) is 28.1 Å². The number of halogens is 2. The van der Waals surface area contributed by atoms with E-state index in [2.05, 4.69) is 15.3 Å². The molecule has 2 aromatic rings. The lowest BCUT2D eigenvalue weighted by Crippen LogP contribution is -2.39. The van der Waals surface area contributed by atoms with Crippen molar-refractivity contribution in [1.82, 2.24) is 20.3 Å². The Morgan fingerprint density at radius 3 is 2.74 bits per heavy atom. The highest BCUT2D eigenvalue weighted by Crippen LogP contribution is 2.23. The number of anilines is 1. The summed E-state index contributed by atoms with van der Waals surface area (Å²) in [6.45, 7) is 1.62. The van der Waals surface area contributed by atoms with Gasteiger partial charge in [0.2, 0.25) is 0 Å². The number of nitrogens with zero attached hydrogens (tertiary/aromatic N) is 3. The van der Waals surface area contributed by atoms with E-state index in [1.165, 1.54) is 13.2 Å². The Balaban J connectivity index is 2.21. The third kappa shape index (κ3) is 4.96. The van der Waals surface area contributed by atoms with Crippen LogP contribution in [-0.2, 0) is 4.74 Å². The Labute approximate surface area is 159 Å². The van der Waals surface area contributed by atoms with E-state index in [1.54, 1.807) is 19.1 Å². The molecule has 0 aromatic carbocycles. The van der Waals surface area contributed by atoms with Crippen LogP contribution in [0.4, 0.5) is 14.9 Å². The molecule has 0 saturated heterocycles. The number of hydrogen-bond acceptors (Lipinski definition) is 8. The summed E-state index contributed by atoms with van der Waals surface area (Å²) in [5.74, 6) is 4.96. The first kappa shape index (κ1) is 20.2. The fraction of sp³-hybridized carbons (Fsp3) is 0.188. The Morgan fingerprint density at radius 2 is 2.15 bits per heavy atom. The maximum Gasteiger partial charge on any atom is 0.413 e. The molecular formula is C16H19ClFN7O2. The van der Waals surface area contributed by atoms with Gasteiger partial charge in [0.25, 0.3) is 0 Å². The van der Waals surface area contributed by atoms with Crippen LogP contribution in [0.2, 0.25) is 5.15 Å². The van der Waals surface area contributed by atoms with Gasteiger partial charge in [0.15, 0.2) is 5.82 Å². The molecule has 7 N–H and O–H groups in total. The Bertz CT molecular complexity index is 876. The number of pyridine rings is 2. The predicted molar refractivity (Wildman–Crippen MR) is 98.9 cm³/mol. The van der Waals surface area contributed by atoms with Gasteiger partial charge in [-0.15, -0.1) is 0 Å². The standard InChI is InChI=1S/C16H19ClFN7O2/c1-8(9-4-3-5-22-14(9)17)27-16(26)24-15(25(2)21)13(20)12-6-10(18)11(19)7-23-12/h3-8H,19-21H2,1-2H3,(H,24,26)/b15-13-. The molecule has 0 aliphatic carbocycles. The van der Waals surface area contributed by atoms with E-state index in [4.69, 9.17) is 33.6 Å². The van der Waals surface area contributed by atoms with Crippen molar-refractivity contribution >= 4 is 29.1 Å². The number of carbonyl (C=O) groups excluding carboxylic acids is 1. The number of rotatable bonds is 5. The number of carbonyl (C=O) groups is 1. The number of hydrogen-bond donors (Lipinski definition) is 4. The van der Waals surface area contributed by atoms with Crippen molar-refractivity contribution in [2.24, 2.45) is 11.6 Å². The van der Waals surface area contributed by atoms with Crippen LogP contribution >= 0.6 is 11.6 Å². The topological polar surface area (TPSA) is 145 Å². The van der Waals surface area contributed by atoms with E-state index in [0.29, 0.717) is 5.56 Å². The number of ether oxygens (including phenoxy) is 1. The number of nitrogens with two attached hydrogens (primary N) is 3. The third-order valence-corrected chi connectivity index (χ3v) is 3.81. The molecule has 27 heavy (non-hydrogen) atoms. The SMILES string of the molecule is CC(OC(=O)N/C(=C(/N)c1cc(F)c(N)cn1)N(C)N)c1cccnc1Cl. The van der Waals surface area contributed by atoms with Gasteiger partial charge in [0.05, 0.1) is 17.6 Å². The smallest absolute Gasteiger partial charge is 0.413 e. The van der Waals surface area contributed by atoms with Gasteiger partial charge in [0, 0.05) is 24.9 Å². The first-order valence-corrected chi connectivity index (χ1v) is 8.06. The molecule has 0 aliphatic rings. The minimum atomic E-state index is -0.853. The number of nitrogen functional groups attached to an aromatic ring is 1. The quantitative estimate of drug-likeness (QED) is 0.340. The molecule has 0 fully saturated rings. The second-order valence-corrected chi connectivity index (χ2v) is 5.88. The summed E-state index contributed by atoms with van der Waals surface area (Å²) < 4.78 is 18.9. The van der Waals surface area contributed by atoms with Crippen LogP contribution in [0.1, 0.15) is 24.3 Å². The zero-order valence-corrected chi connectivity index (χ0v) is 15.4. The summed E-state index contributed by atoms with van der Waals surface area (Å²) in [5, 5.41) is 3.66. The van der Waals surface area contributed by atoms with Crippen molar-refractivity contribution in [1.29, 1.82) is 0 Å². The highest BCUT2D eigenvalue weighted by molar-refractivity contribution is 6.30. The van der Waals surface area contributed by atoms with E-state index >= 15 is 0 Å².